The van der Waals surface area contributed by atoms with Crippen LogP contribution in [0.1, 0.15) is 25.8 Å². The first-order valence-electron chi connectivity index (χ1n) is 6.73. The van der Waals surface area contributed by atoms with Crippen molar-refractivity contribution in [2.45, 2.75) is 36.5 Å². The van der Waals surface area contributed by atoms with E-state index < -0.39 is 49.7 Å². The van der Waals surface area contributed by atoms with E-state index in [2.05, 4.69) is 4.99 Å². The van der Waals surface area contributed by atoms with Gasteiger partial charge in [-0.1, -0.05) is 0 Å². The monoisotopic (exact) mass is 349 g/mol. The van der Waals surface area contributed by atoms with E-state index >= 15 is 0 Å². The Bertz CT molecular complexity index is 794. The van der Waals surface area contributed by atoms with Gasteiger partial charge in [-0.05, 0) is 32.0 Å². The molecule has 0 aromatic heterocycles. The number of halogens is 3. The van der Waals surface area contributed by atoms with Gasteiger partial charge in [-0.3, -0.25) is 4.99 Å². The van der Waals surface area contributed by atoms with E-state index in [4.69, 9.17) is 11.5 Å². The Morgan fingerprint density at radius 3 is 2.30 bits per heavy atom. The molecule has 1 aromatic rings. The van der Waals surface area contributed by atoms with Crippen molar-refractivity contribution in [3.05, 3.63) is 29.6 Å². The largest absolute Gasteiger partial charge is 0.399 e. The molecule has 0 saturated carbocycles. The van der Waals surface area contributed by atoms with Crippen LogP contribution in [0.15, 0.2) is 23.2 Å². The number of hydrogen-bond donors (Lipinski definition) is 2. The first-order chi connectivity index (χ1) is 10.2. The van der Waals surface area contributed by atoms with Crippen LogP contribution < -0.4 is 11.5 Å². The molecule has 0 fully saturated rings. The number of anilines is 1. The molecule has 9 heteroatoms. The smallest absolute Gasteiger partial charge is 0.278 e. The lowest BCUT2D eigenvalue weighted by Gasteiger charge is -2.44. The SMILES string of the molecule is CC1(S(C)(=O)=O)CC(F)(F)[C@@](C)(c2cc(N)ccc2F)N=C1N. The Morgan fingerprint density at radius 1 is 1.22 bits per heavy atom. The maximum Gasteiger partial charge on any atom is 0.278 e. The number of aliphatic imine (C=N–C) groups is 1. The first kappa shape index (κ1) is 17.6. The molecule has 2 rings (SSSR count). The summed E-state index contributed by atoms with van der Waals surface area (Å²) in [6.07, 6.45) is -0.284. The van der Waals surface area contributed by atoms with Gasteiger partial charge in [0.1, 0.15) is 16.4 Å². The molecule has 0 bridgehead atoms. The van der Waals surface area contributed by atoms with Crippen LogP contribution in [0.3, 0.4) is 0 Å². The van der Waals surface area contributed by atoms with Crippen LogP contribution >= 0.6 is 0 Å². The molecule has 0 amide bonds. The third kappa shape index (κ3) is 2.46. The van der Waals surface area contributed by atoms with Crippen molar-refractivity contribution in [1.29, 1.82) is 0 Å². The standard InChI is InChI=1S/C14H18F3N3O2S/c1-12(23(3,21)22)7-14(16,17)13(2,20-11(12)19)9-6-8(18)4-5-10(9)15/h4-6H,7,18H2,1-3H3,(H2,19,20)/t12?,13-/m1/s1. The van der Waals surface area contributed by atoms with E-state index in [0.29, 0.717) is 0 Å². The highest BCUT2D eigenvalue weighted by Crippen LogP contribution is 2.51. The van der Waals surface area contributed by atoms with Crippen LogP contribution in [-0.4, -0.2) is 31.2 Å². The lowest BCUT2D eigenvalue weighted by molar-refractivity contribution is -0.0862. The summed E-state index contributed by atoms with van der Waals surface area (Å²) in [5, 5.41) is 0. The second-order valence-corrected chi connectivity index (χ2v) is 8.64. The Hall–Kier alpha value is -1.77. The van der Waals surface area contributed by atoms with Crippen molar-refractivity contribution in [1.82, 2.24) is 0 Å². The number of hydrogen-bond acceptors (Lipinski definition) is 5. The molecule has 23 heavy (non-hydrogen) atoms. The van der Waals surface area contributed by atoms with Crippen LogP contribution in [-0.2, 0) is 15.4 Å². The van der Waals surface area contributed by atoms with Crippen molar-refractivity contribution in [2.24, 2.45) is 10.7 Å². The van der Waals surface area contributed by atoms with Crippen LogP contribution in [0.5, 0.6) is 0 Å². The summed E-state index contributed by atoms with van der Waals surface area (Å²) in [6.45, 7) is 2.10. The van der Waals surface area contributed by atoms with Crippen molar-refractivity contribution in [3.63, 3.8) is 0 Å². The van der Waals surface area contributed by atoms with Gasteiger partial charge >= 0.3 is 0 Å². The minimum absolute atomic E-state index is 0.0867. The van der Waals surface area contributed by atoms with Gasteiger partial charge in [0, 0.05) is 23.9 Å². The van der Waals surface area contributed by atoms with Crippen molar-refractivity contribution in [3.8, 4) is 0 Å². The molecular weight excluding hydrogens is 331 g/mol. The molecule has 5 nitrogen and oxygen atoms in total. The van der Waals surface area contributed by atoms with Gasteiger partial charge < -0.3 is 11.5 Å². The van der Waals surface area contributed by atoms with Crippen LogP contribution in [0.4, 0.5) is 18.9 Å². The van der Waals surface area contributed by atoms with Gasteiger partial charge in [0.25, 0.3) is 5.92 Å². The van der Waals surface area contributed by atoms with Crippen LogP contribution in [0.2, 0.25) is 0 Å². The zero-order chi connectivity index (χ0) is 17.8. The predicted octanol–water partition coefficient (Wildman–Crippen LogP) is 1.82. The minimum Gasteiger partial charge on any atom is -0.399 e. The highest BCUT2D eigenvalue weighted by Gasteiger charge is 2.62. The third-order valence-corrected chi connectivity index (χ3v) is 6.48. The maximum atomic E-state index is 14.8. The normalized spacial score (nSPS) is 30.8. The van der Waals surface area contributed by atoms with Crippen molar-refractivity contribution < 1.29 is 21.6 Å². The van der Waals surface area contributed by atoms with E-state index in [1.165, 1.54) is 6.07 Å². The molecular formula is C14H18F3N3O2S. The van der Waals surface area contributed by atoms with Crippen LogP contribution in [0, 0.1) is 5.82 Å². The molecule has 1 heterocycles. The van der Waals surface area contributed by atoms with Gasteiger partial charge in [-0.15, -0.1) is 0 Å². The van der Waals surface area contributed by atoms with Crippen LogP contribution in [0.25, 0.3) is 0 Å². The zero-order valence-electron chi connectivity index (χ0n) is 12.9. The van der Waals surface area contributed by atoms with E-state index in [-0.39, 0.29) is 5.69 Å². The average molecular weight is 349 g/mol. The average Bonchev–Trinajstić information content (AvgIpc) is 2.37. The molecule has 1 unspecified atom stereocenters. The molecule has 2 atom stereocenters. The third-order valence-electron chi connectivity index (χ3n) is 4.49. The van der Waals surface area contributed by atoms with Crippen molar-refractivity contribution in [2.75, 3.05) is 12.0 Å². The van der Waals surface area contributed by atoms with E-state index in [1.807, 2.05) is 0 Å². The number of benzene rings is 1. The fourth-order valence-electron chi connectivity index (χ4n) is 2.62. The molecule has 4 N–H and O–H groups in total. The Morgan fingerprint density at radius 2 is 1.78 bits per heavy atom. The molecule has 1 aromatic carbocycles. The van der Waals surface area contributed by atoms with Gasteiger partial charge in [-0.25, -0.2) is 21.6 Å². The summed E-state index contributed by atoms with van der Waals surface area (Å²) in [6, 6.07) is 3.25. The van der Waals surface area contributed by atoms with Crippen molar-refractivity contribution >= 4 is 21.4 Å². The number of nitrogens with two attached hydrogens (primary N) is 2. The van der Waals surface area contributed by atoms with E-state index in [9.17, 15) is 21.6 Å². The fourth-order valence-corrected chi connectivity index (χ4v) is 3.49. The summed E-state index contributed by atoms with van der Waals surface area (Å²) in [5.41, 5.74) is 8.57. The Balaban J connectivity index is 2.76. The molecule has 128 valence electrons. The number of alkyl halides is 2. The quantitative estimate of drug-likeness (QED) is 0.796. The lowest BCUT2D eigenvalue weighted by Crippen LogP contribution is -2.60. The summed E-state index contributed by atoms with van der Waals surface area (Å²) in [4.78, 5) is 3.73. The van der Waals surface area contributed by atoms with E-state index in [0.717, 1.165) is 32.2 Å². The first-order valence-corrected chi connectivity index (χ1v) is 8.62. The summed E-state index contributed by atoms with van der Waals surface area (Å²) in [7, 11) is -3.95. The molecule has 0 aliphatic carbocycles. The fraction of sp³-hybridized carbons (Fsp3) is 0.500. The molecule has 1 aliphatic heterocycles. The highest BCUT2D eigenvalue weighted by molar-refractivity contribution is 7.92. The number of nitrogens with zero attached hydrogens (tertiary/aromatic N) is 1. The molecule has 1 aliphatic rings. The predicted molar refractivity (Wildman–Crippen MR) is 82.6 cm³/mol. The Kier molecular flexibility index (Phi) is 3.72. The maximum absolute atomic E-state index is 14.8. The summed E-state index contributed by atoms with van der Waals surface area (Å²) >= 11 is 0. The van der Waals surface area contributed by atoms with Gasteiger partial charge in [-0.2, -0.15) is 0 Å². The Labute approximate surface area is 132 Å². The van der Waals surface area contributed by atoms with Gasteiger partial charge in [0.2, 0.25) is 0 Å². The lowest BCUT2D eigenvalue weighted by atomic mass is 9.78. The second-order valence-electron chi connectivity index (χ2n) is 6.19. The van der Waals surface area contributed by atoms with E-state index in [1.54, 1.807) is 0 Å². The molecule has 0 saturated heterocycles. The topological polar surface area (TPSA) is 98.5 Å². The second kappa shape index (κ2) is 4.86. The summed E-state index contributed by atoms with van der Waals surface area (Å²) in [5.74, 6) is -5.04. The molecule has 0 spiro atoms. The summed E-state index contributed by atoms with van der Waals surface area (Å²) < 4.78 is 65.5. The highest BCUT2D eigenvalue weighted by atomic mass is 32.2. The van der Waals surface area contributed by atoms with Gasteiger partial charge in [0.15, 0.2) is 15.4 Å². The number of rotatable bonds is 2. The molecule has 0 radical (unpaired) electrons. The zero-order valence-corrected chi connectivity index (χ0v) is 13.7. The number of nitrogen functional groups attached to an aromatic ring is 1. The number of amidine groups is 1. The number of sulfone groups is 1. The van der Waals surface area contributed by atoms with Gasteiger partial charge in [0.05, 0.1) is 0 Å². The minimum atomic E-state index is -3.95.